The van der Waals surface area contributed by atoms with Crippen molar-refractivity contribution in [1.82, 2.24) is 0 Å². The summed E-state index contributed by atoms with van der Waals surface area (Å²) in [5.41, 5.74) is 6.40. The SMILES string of the molecule is CCCOc1cccc(OCCOC(C)(C)C)c1N. The molecule has 4 nitrogen and oxygen atoms in total. The molecule has 0 aliphatic rings. The Balaban J connectivity index is 2.49. The monoisotopic (exact) mass is 267 g/mol. The highest BCUT2D eigenvalue weighted by atomic mass is 16.5. The van der Waals surface area contributed by atoms with Crippen molar-refractivity contribution in [2.75, 3.05) is 25.6 Å². The second-order valence-corrected chi connectivity index (χ2v) is 5.33. The van der Waals surface area contributed by atoms with E-state index in [0.29, 0.717) is 37.0 Å². The van der Waals surface area contributed by atoms with E-state index < -0.39 is 0 Å². The standard InChI is InChI=1S/C15H25NO3/c1-5-9-17-12-7-6-8-13(14(12)16)18-10-11-19-15(2,3)4/h6-8H,5,9-11,16H2,1-4H3. The number of anilines is 1. The molecule has 0 atom stereocenters. The highest BCUT2D eigenvalue weighted by Gasteiger charge is 2.10. The zero-order valence-electron chi connectivity index (χ0n) is 12.4. The van der Waals surface area contributed by atoms with Crippen LogP contribution in [0.5, 0.6) is 11.5 Å². The van der Waals surface area contributed by atoms with E-state index in [1.807, 2.05) is 39.0 Å². The zero-order chi connectivity index (χ0) is 14.3. The molecular weight excluding hydrogens is 242 g/mol. The Morgan fingerprint density at radius 3 is 2.11 bits per heavy atom. The van der Waals surface area contributed by atoms with Crippen LogP contribution in [-0.4, -0.2) is 25.4 Å². The largest absolute Gasteiger partial charge is 0.491 e. The number of rotatable bonds is 7. The van der Waals surface area contributed by atoms with E-state index in [2.05, 4.69) is 6.92 Å². The van der Waals surface area contributed by atoms with Gasteiger partial charge in [0.15, 0.2) is 0 Å². The van der Waals surface area contributed by atoms with Gasteiger partial charge in [-0.2, -0.15) is 0 Å². The summed E-state index contributed by atoms with van der Waals surface area (Å²) in [5.74, 6) is 1.32. The quantitative estimate of drug-likeness (QED) is 0.608. The van der Waals surface area contributed by atoms with Gasteiger partial charge in [0, 0.05) is 0 Å². The molecule has 0 radical (unpaired) electrons. The second kappa shape index (κ2) is 7.24. The number of nitrogen functional groups attached to an aromatic ring is 1. The van der Waals surface area contributed by atoms with Crippen molar-refractivity contribution >= 4 is 5.69 Å². The lowest BCUT2D eigenvalue weighted by Gasteiger charge is -2.20. The minimum Gasteiger partial charge on any atom is -0.491 e. The molecule has 0 amide bonds. The predicted octanol–water partition coefficient (Wildman–Crippen LogP) is 3.25. The first-order chi connectivity index (χ1) is 8.94. The van der Waals surface area contributed by atoms with Gasteiger partial charge in [-0.05, 0) is 39.3 Å². The summed E-state index contributed by atoms with van der Waals surface area (Å²) in [6, 6.07) is 5.57. The van der Waals surface area contributed by atoms with E-state index in [1.165, 1.54) is 0 Å². The second-order valence-electron chi connectivity index (χ2n) is 5.33. The van der Waals surface area contributed by atoms with Gasteiger partial charge in [0.05, 0.1) is 18.8 Å². The van der Waals surface area contributed by atoms with Crippen molar-refractivity contribution in [3.8, 4) is 11.5 Å². The summed E-state index contributed by atoms with van der Waals surface area (Å²) in [4.78, 5) is 0. The lowest BCUT2D eigenvalue weighted by molar-refractivity contribution is -0.0162. The van der Waals surface area contributed by atoms with Crippen LogP contribution < -0.4 is 15.2 Å². The van der Waals surface area contributed by atoms with E-state index in [1.54, 1.807) is 0 Å². The number of para-hydroxylation sites is 1. The van der Waals surface area contributed by atoms with E-state index in [-0.39, 0.29) is 5.60 Å². The first kappa shape index (κ1) is 15.6. The minimum absolute atomic E-state index is 0.152. The van der Waals surface area contributed by atoms with Crippen molar-refractivity contribution in [3.63, 3.8) is 0 Å². The normalized spacial score (nSPS) is 11.4. The van der Waals surface area contributed by atoms with Gasteiger partial charge in [-0.1, -0.05) is 13.0 Å². The lowest BCUT2D eigenvalue weighted by Crippen LogP contribution is -2.22. The summed E-state index contributed by atoms with van der Waals surface area (Å²) in [6.07, 6.45) is 0.948. The van der Waals surface area contributed by atoms with Crippen LogP contribution >= 0.6 is 0 Å². The number of benzene rings is 1. The van der Waals surface area contributed by atoms with Crippen LogP contribution in [0.15, 0.2) is 18.2 Å². The Hall–Kier alpha value is -1.42. The van der Waals surface area contributed by atoms with Crippen LogP contribution in [-0.2, 0) is 4.74 Å². The van der Waals surface area contributed by atoms with Crippen LogP contribution in [0.25, 0.3) is 0 Å². The molecule has 0 heterocycles. The molecule has 1 aromatic carbocycles. The van der Waals surface area contributed by atoms with Crippen LogP contribution in [0.2, 0.25) is 0 Å². The molecule has 0 aliphatic heterocycles. The Kier molecular flexibility index (Phi) is 5.96. The molecular formula is C15H25NO3. The van der Waals surface area contributed by atoms with Crippen molar-refractivity contribution in [1.29, 1.82) is 0 Å². The highest BCUT2D eigenvalue weighted by Crippen LogP contribution is 2.31. The van der Waals surface area contributed by atoms with Crippen molar-refractivity contribution in [3.05, 3.63) is 18.2 Å². The number of ether oxygens (including phenoxy) is 3. The fourth-order valence-electron chi connectivity index (χ4n) is 1.49. The Morgan fingerprint density at radius 1 is 1.00 bits per heavy atom. The van der Waals surface area contributed by atoms with Crippen LogP contribution in [0.3, 0.4) is 0 Å². The fraction of sp³-hybridized carbons (Fsp3) is 0.600. The molecule has 0 saturated heterocycles. The topological polar surface area (TPSA) is 53.7 Å². The average Bonchev–Trinajstić information content (AvgIpc) is 2.33. The smallest absolute Gasteiger partial charge is 0.146 e. The van der Waals surface area contributed by atoms with E-state index in [0.717, 1.165) is 6.42 Å². The molecule has 0 fully saturated rings. The lowest BCUT2D eigenvalue weighted by atomic mass is 10.2. The number of hydrogen-bond donors (Lipinski definition) is 1. The Morgan fingerprint density at radius 2 is 1.58 bits per heavy atom. The predicted molar refractivity (Wildman–Crippen MR) is 77.8 cm³/mol. The first-order valence-electron chi connectivity index (χ1n) is 6.72. The fourth-order valence-corrected chi connectivity index (χ4v) is 1.49. The maximum atomic E-state index is 6.00. The molecule has 0 saturated carbocycles. The summed E-state index contributed by atoms with van der Waals surface area (Å²) in [7, 11) is 0. The van der Waals surface area contributed by atoms with Gasteiger partial charge < -0.3 is 19.9 Å². The summed E-state index contributed by atoms with van der Waals surface area (Å²) >= 11 is 0. The Bertz CT molecular complexity index is 385. The molecule has 0 spiro atoms. The molecule has 19 heavy (non-hydrogen) atoms. The van der Waals surface area contributed by atoms with Gasteiger partial charge in [-0.15, -0.1) is 0 Å². The highest BCUT2D eigenvalue weighted by molar-refractivity contribution is 5.62. The third kappa shape index (κ3) is 5.83. The van der Waals surface area contributed by atoms with Crippen molar-refractivity contribution < 1.29 is 14.2 Å². The van der Waals surface area contributed by atoms with E-state index in [9.17, 15) is 0 Å². The van der Waals surface area contributed by atoms with E-state index in [4.69, 9.17) is 19.9 Å². The molecule has 0 aromatic heterocycles. The zero-order valence-corrected chi connectivity index (χ0v) is 12.4. The van der Waals surface area contributed by atoms with Gasteiger partial charge in [-0.3, -0.25) is 0 Å². The van der Waals surface area contributed by atoms with Crippen molar-refractivity contribution in [2.45, 2.75) is 39.7 Å². The van der Waals surface area contributed by atoms with Gasteiger partial charge in [0.2, 0.25) is 0 Å². The molecule has 0 aliphatic carbocycles. The first-order valence-corrected chi connectivity index (χ1v) is 6.72. The number of nitrogens with two attached hydrogens (primary N) is 1. The minimum atomic E-state index is -0.152. The average molecular weight is 267 g/mol. The third-order valence-corrected chi connectivity index (χ3v) is 2.36. The molecule has 1 rings (SSSR count). The van der Waals surface area contributed by atoms with Gasteiger partial charge in [0.25, 0.3) is 0 Å². The van der Waals surface area contributed by atoms with Crippen LogP contribution in [0, 0.1) is 0 Å². The van der Waals surface area contributed by atoms with Crippen molar-refractivity contribution in [2.24, 2.45) is 0 Å². The molecule has 108 valence electrons. The number of hydrogen-bond acceptors (Lipinski definition) is 4. The van der Waals surface area contributed by atoms with Gasteiger partial charge in [0.1, 0.15) is 23.8 Å². The maximum absolute atomic E-state index is 6.00. The summed E-state index contributed by atoms with van der Waals surface area (Å²) < 4.78 is 16.8. The van der Waals surface area contributed by atoms with E-state index >= 15 is 0 Å². The molecule has 4 heteroatoms. The third-order valence-electron chi connectivity index (χ3n) is 2.36. The molecule has 0 bridgehead atoms. The van der Waals surface area contributed by atoms with Crippen LogP contribution in [0.1, 0.15) is 34.1 Å². The van der Waals surface area contributed by atoms with Gasteiger partial charge in [-0.25, -0.2) is 0 Å². The van der Waals surface area contributed by atoms with Crippen LogP contribution in [0.4, 0.5) is 5.69 Å². The Labute approximate surface area is 115 Å². The molecule has 0 unspecified atom stereocenters. The summed E-state index contributed by atoms with van der Waals surface area (Å²) in [6.45, 7) is 9.75. The molecule has 2 N–H and O–H groups in total. The molecule has 1 aromatic rings. The summed E-state index contributed by atoms with van der Waals surface area (Å²) in [5, 5.41) is 0. The van der Waals surface area contributed by atoms with Gasteiger partial charge >= 0.3 is 0 Å². The maximum Gasteiger partial charge on any atom is 0.146 e.